The van der Waals surface area contributed by atoms with Gasteiger partial charge in [-0.15, -0.1) is 24.0 Å². The van der Waals surface area contributed by atoms with E-state index in [0.717, 1.165) is 18.9 Å². The molecule has 1 aliphatic rings. The molecule has 0 spiro atoms. The molecule has 0 saturated heterocycles. The van der Waals surface area contributed by atoms with Gasteiger partial charge in [0.2, 0.25) is 0 Å². The van der Waals surface area contributed by atoms with Crippen molar-refractivity contribution in [3.05, 3.63) is 65.0 Å². The largest absolute Gasteiger partial charge is 0.354 e. The number of hydrogen-bond donors (Lipinski definition) is 2. The van der Waals surface area contributed by atoms with E-state index in [4.69, 9.17) is 0 Å². The second-order valence-electron chi connectivity index (χ2n) is 6.22. The van der Waals surface area contributed by atoms with Crippen molar-refractivity contribution < 1.29 is 9.18 Å². The zero-order chi connectivity index (χ0) is 18.5. The lowest BCUT2D eigenvalue weighted by molar-refractivity contribution is 0.0954. The summed E-state index contributed by atoms with van der Waals surface area (Å²) in [4.78, 5) is 18.6. The molecule has 2 N–H and O–H groups in total. The number of amides is 1. The van der Waals surface area contributed by atoms with E-state index in [9.17, 15) is 9.18 Å². The summed E-state index contributed by atoms with van der Waals surface area (Å²) >= 11 is 0. The second kappa shape index (κ2) is 9.68. The molecule has 0 unspecified atom stereocenters. The van der Waals surface area contributed by atoms with E-state index < -0.39 is 0 Å². The minimum absolute atomic E-state index is 0. The number of nitrogens with zero attached hydrogens (tertiary/aromatic N) is 2. The number of guanidine groups is 1. The highest BCUT2D eigenvalue weighted by Crippen LogP contribution is 2.27. The van der Waals surface area contributed by atoms with E-state index in [-0.39, 0.29) is 35.7 Å². The Bertz CT molecular complexity index is 840. The minimum Gasteiger partial charge on any atom is -0.354 e. The Morgan fingerprint density at radius 3 is 2.67 bits per heavy atom. The van der Waals surface area contributed by atoms with Crippen molar-refractivity contribution in [1.82, 2.24) is 10.6 Å². The zero-order valence-electron chi connectivity index (χ0n) is 15.5. The summed E-state index contributed by atoms with van der Waals surface area (Å²) in [5.41, 5.74) is 3.33. The van der Waals surface area contributed by atoms with Crippen LogP contribution in [0.4, 0.5) is 10.1 Å². The Hall–Kier alpha value is -2.16. The standard InChI is InChI=1S/C20H23FN4O.HI/c1-14-7-8-16(13-17(14)21)19(26)23-10-11-24-20(22-2)25-12-9-15-5-3-4-6-18(15)25;/h3-8,13H,9-12H2,1-2H3,(H,22,24)(H,23,26);1H. The van der Waals surface area contributed by atoms with Crippen molar-refractivity contribution >= 4 is 41.5 Å². The van der Waals surface area contributed by atoms with Crippen molar-refractivity contribution in [2.75, 3.05) is 31.6 Å². The highest BCUT2D eigenvalue weighted by atomic mass is 127. The molecule has 0 aromatic heterocycles. The molecule has 27 heavy (non-hydrogen) atoms. The molecule has 5 nitrogen and oxygen atoms in total. The molecule has 2 aromatic rings. The molecule has 0 saturated carbocycles. The number of carbonyl (C=O) groups is 1. The van der Waals surface area contributed by atoms with E-state index in [0.29, 0.717) is 24.2 Å². The van der Waals surface area contributed by atoms with Crippen LogP contribution in [0.1, 0.15) is 21.5 Å². The lowest BCUT2D eigenvalue weighted by Gasteiger charge is -2.22. The van der Waals surface area contributed by atoms with Crippen LogP contribution in [0.15, 0.2) is 47.5 Å². The predicted octanol–water partition coefficient (Wildman–Crippen LogP) is 3.12. The van der Waals surface area contributed by atoms with Crippen molar-refractivity contribution in [2.24, 2.45) is 4.99 Å². The van der Waals surface area contributed by atoms with Crippen LogP contribution in [0, 0.1) is 12.7 Å². The molecule has 0 bridgehead atoms. The molecule has 0 fully saturated rings. The second-order valence-corrected chi connectivity index (χ2v) is 6.22. The van der Waals surface area contributed by atoms with Crippen LogP contribution in [0.25, 0.3) is 0 Å². The van der Waals surface area contributed by atoms with Gasteiger partial charge >= 0.3 is 0 Å². The molecule has 1 heterocycles. The van der Waals surface area contributed by atoms with Gasteiger partial charge in [-0.2, -0.15) is 0 Å². The van der Waals surface area contributed by atoms with Gasteiger partial charge in [0.15, 0.2) is 5.96 Å². The lowest BCUT2D eigenvalue weighted by Crippen LogP contribution is -2.43. The molecule has 0 radical (unpaired) electrons. The van der Waals surface area contributed by atoms with Crippen LogP contribution >= 0.6 is 24.0 Å². The quantitative estimate of drug-likeness (QED) is 0.305. The highest BCUT2D eigenvalue weighted by molar-refractivity contribution is 14.0. The predicted molar refractivity (Wildman–Crippen MR) is 118 cm³/mol. The third kappa shape index (κ3) is 4.97. The molecule has 144 valence electrons. The van der Waals surface area contributed by atoms with Crippen molar-refractivity contribution in [3.63, 3.8) is 0 Å². The third-order valence-corrected chi connectivity index (χ3v) is 4.48. The Labute approximate surface area is 176 Å². The van der Waals surface area contributed by atoms with Gasteiger partial charge < -0.3 is 15.5 Å². The maximum atomic E-state index is 13.6. The van der Waals surface area contributed by atoms with Crippen LogP contribution in [0.2, 0.25) is 0 Å². The van der Waals surface area contributed by atoms with Crippen molar-refractivity contribution in [3.8, 4) is 0 Å². The molecule has 1 amide bonds. The van der Waals surface area contributed by atoms with Gasteiger partial charge in [-0.25, -0.2) is 4.39 Å². The van der Waals surface area contributed by atoms with Gasteiger partial charge in [-0.1, -0.05) is 24.3 Å². The number of aryl methyl sites for hydroxylation is 1. The highest BCUT2D eigenvalue weighted by Gasteiger charge is 2.22. The lowest BCUT2D eigenvalue weighted by atomic mass is 10.1. The van der Waals surface area contributed by atoms with Crippen molar-refractivity contribution in [2.45, 2.75) is 13.3 Å². The van der Waals surface area contributed by atoms with Crippen molar-refractivity contribution in [1.29, 1.82) is 0 Å². The summed E-state index contributed by atoms with van der Waals surface area (Å²) in [6.45, 7) is 3.51. The van der Waals surface area contributed by atoms with Crippen LogP contribution in [-0.4, -0.2) is 38.5 Å². The van der Waals surface area contributed by atoms with Gasteiger partial charge in [-0.3, -0.25) is 9.79 Å². The number of hydrogen-bond acceptors (Lipinski definition) is 2. The summed E-state index contributed by atoms with van der Waals surface area (Å²) in [5, 5.41) is 6.06. The van der Waals surface area contributed by atoms with Crippen LogP contribution < -0.4 is 15.5 Å². The van der Waals surface area contributed by atoms with Crippen LogP contribution in [0.3, 0.4) is 0 Å². The van der Waals surface area contributed by atoms with E-state index >= 15 is 0 Å². The number of para-hydroxylation sites is 1. The normalized spacial score (nSPS) is 13.0. The first-order valence-electron chi connectivity index (χ1n) is 8.70. The fourth-order valence-electron chi connectivity index (χ4n) is 3.04. The summed E-state index contributed by atoms with van der Waals surface area (Å²) in [7, 11) is 1.75. The average molecular weight is 482 g/mol. The number of benzene rings is 2. The third-order valence-electron chi connectivity index (χ3n) is 4.48. The number of halogens is 2. The van der Waals surface area contributed by atoms with E-state index in [1.54, 1.807) is 26.1 Å². The molecular formula is C20H24FIN4O. The first kappa shape index (κ1) is 21.1. The Morgan fingerprint density at radius 2 is 1.93 bits per heavy atom. The fraction of sp³-hybridized carbons (Fsp3) is 0.300. The Kier molecular flexibility index (Phi) is 7.58. The molecule has 0 atom stereocenters. The van der Waals surface area contributed by atoms with E-state index in [1.807, 2.05) is 12.1 Å². The van der Waals surface area contributed by atoms with Gasteiger partial charge in [0.1, 0.15) is 5.82 Å². The maximum absolute atomic E-state index is 13.6. The topological polar surface area (TPSA) is 56.7 Å². The SMILES string of the molecule is CN=C(NCCNC(=O)c1ccc(C)c(F)c1)N1CCc2ccccc21.I. The number of nitrogens with one attached hydrogen (secondary N) is 2. The van der Waals surface area contributed by atoms with E-state index in [1.165, 1.54) is 17.3 Å². The Balaban J connectivity index is 0.00000261. The number of anilines is 1. The summed E-state index contributed by atoms with van der Waals surface area (Å²) in [6.07, 6.45) is 0.993. The smallest absolute Gasteiger partial charge is 0.251 e. The summed E-state index contributed by atoms with van der Waals surface area (Å²) in [5.74, 6) is 0.127. The average Bonchev–Trinajstić information content (AvgIpc) is 3.08. The summed E-state index contributed by atoms with van der Waals surface area (Å²) in [6, 6.07) is 12.8. The van der Waals surface area contributed by atoms with E-state index in [2.05, 4.69) is 32.7 Å². The van der Waals surface area contributed by atoms with Gasteiger partial charge in [0.05, 0.1) is 0 Å². The molecule has 3 rings (SSSR count). The first-order chi connectivity index (χ1) is 12.6. The molecule has 7 heteroatoms. The number of rotatable bonds is 4. The summed E-state index contributed by atoms with van der Waals surface area (Å²) < 4.78 is 13.6. The molecular weight excluding hydrogens is 458 g/mol. The van der Waals surface area contributed by atoms with Crippen LogP contribution in [0.5, 0.6) is 0 Å². The Morgan fingerprint density at radius 1 is 1.19 bits per heavy atom. The van der Waals surface area contributed by atoms with Gasteiger partial charge in [0.25, 0.3) is 5.91 Å². The molecule has 2 aromatic carbocycles. The first-order valence-corrected chi connectivity index (χ1v) is 8.70. The maximum Gasteiger partial charge on any atom is 0.251 e. The molecule has 1 aliphatic heterocycles. The number of aliphatic imine (C=N–C) groups is 1. The monoisotopic (exact) mass is 482 g/mol. The van der Waals surface area contributed by atoms with Crippen LogP contribution in [-0.2, 0) is 6.42 Å². The van der Waals surface area contributed by atoms with Gasteiger partial charge in [-0.05, 0) is 42.7 Å². The molecule has 0 aliphatic carbocycles. The number of carbonyl (C=O) groups excluding carboxylic acids is 1. The minimum atomic E-state index is -0.371. The van der Waals surface area contributed by atoms with Gasteiger partial charge in [0, 0.05) is 37.9 Å². The zero-order valence-corrected chi connectivity index (χ0v) is 17.8. The fourth-order valence-corrected chi connectivity index (χ4v) is 3.04. The number of fused-ring (bicyclic) bond motifs is 1.